The van der Waals surface area contributed by atoms with Gasteiger partial charge >= 0.3 is 0 Å². The van der Waals surface area contributed by atoms with Gasteiger partial charge in [0.2, 0.25) is 15.9 Å². The zero-order valence-corrected chi connectivity index (χ0v) is 14.6. The smallest absolute Gasteiger partial charge is 0.238 e. The van der Waals surface area contributed by atoms with Crippen LogP contribution < -0.4 is 4.72 Å². The van der Waals surface area contributed by atoms with Crippen molar-refractivity contribution in [3.8, 4) is 0 Å². The Bertz CT molecular complexity index is 707. The predicted molar refractivity (Wildman–Crippen MR) is 90.8 cm³/mol. The fourth-order valence-corrected chi connectivity index (χ4v) is 4.76. The lowest BCUT2D eigenvalue weighted by Gasteiger charge is -2.36. The Morgan fingerprint density at radius 2 is 2.04 bits per heavy atom. The molecule has 6 nitrogen and oxygen atoms in total. The van der Waals surface area contributed by atoms with E-state index in [1.165, 1.54) is 0 Å². The van der Waals surface area contributed by atoms with Crippen molar-refractivity contribution in [3.05, 3.63) is 35.9 Å². The number of aliphatic hydroxyl groups excluding tert-OH is 1. The molecule has 132 valence electrons. The van der Waals surface area contributed by atoms with Gasteiger partial charge in [0.05, 0.1) is 19.4 Å². The highest BCUT2D eigenvalue weighted by molar-refractivity contribution is 7.88. The minimum absolute atomic E-state index is 0.0263. The maximum atomic E-state index is 12.5. The summed E-state index contributed by atoms with van der Waals surface area (Å²) >= 11 is 0. The van der Waals surface area contributed by atoms with Gasteiger partial charge in [-0.2, -0.15) is 0 Å². The summed E-state index contributed by atoms with van der Waals surface area (Å²) in [5.41, 5.74) is 0.825. The van der Waals surface area contributed by atoms with Gasteiger partial charge in [0.25, 0.3) is 0 Å². The van der Waals surface area contributed by atoms with Crippen LogP contribution in [0.4, 0.5) is 0 Å². The van der Waals surface area contributed by atoms with Gasteiger partial charge in [0, 0.05) is 17.5 Å². The molecule has 0 saturated carbocycles. The highest BCUT2D eigenvalue weighted by Crippen LogP contribution is 2.51. The normalized spacial score (nSPS) is 29.2. The number of nitrogens with one attached hydrogen (secondary N) is 1. The second-order valence-electron chi connectivity index (χ2n) is 7.03. The monoisotopic (exact) mass is 352 g/mol. The van der Waals surface area contributed by atoms with Crippen LogP contribution in [0, 0.1) is 5.41 Å². The summed E-state index contributed by atoms with van der Waals surface area (Å²) in [4.78, 5) is 14.3. The second kappa shape index (κ2) is 6.46. The van der Waals surface area contributed by atoms with E-state index in [2.05, 4.69) is 4.72 Å². The van der Waals surface area contributed by atoms with E-state index in [1.54, 1.807) is 0 Å². The molecular weight excluding hydrogens is 328 g/mol. The topological polar surface area (TPSA) is 86.7 Å². The molecule has 0 aliphatic carbocycles. The van der Waals surface area contributed by atoms with Crippen LogP contribution in [-0.4, -0.2) is 55.8 Å². The van der Waals surface area contributed by atoms with Crippen molar-refractivity contribution < 1.29 is 18.3 Å². The van der Waals surface area contributed by atoms with Gasteiger partial charge < -0.3 is 10.0 Å². The molecule has 3 rings (SSSR count). The Hall–Kier alpha value is -1.44. The maximum Gasteiger partial charge on any atom is 0.238 e. The molecule has 2 aliphatic rings. The van der Waals surface area contributed by atoms with Crippen LogP contribution in [0.2, 0.25) is 0 Å². The summed E-state index contributed by atoms with van der Waals surface area (Å²) in [5, 5.41) is 10.1. The van der Waals surface area contributed by atoms with E-state index in [1.807, 2.05) is 35.2 Å². The third-order valence-corrected chi connectivity index (χ3v) is 6.01. The van der Waals surface area contributed by atoms with Gasteiger partial charge in [-0.3, -0.25) is 4.79 Å². The Kier molecular flexibility index (Phi) is 4.68. The van der Waals surface area contributed by atoms with E-state index < -0.39 is 10.0 Å². The van der Waals surface area contributed by atoms with E-state index in [-0.39, 0.29) is 36.6 Å². The second-order valence-corrected chi connectivity index (χ2v) is 8.86. The molecule has 7 heteroatoms. The van der Waals surface area contributed by atoms with E-state index in [4.69, 9.17) is 0 Å². The number of fused-ring (bicyclic) bond motifs is 2. The highest BCUT2D eigenvalue weighted by atomic mass is 32.2. The van der Waals surface area contributed by atoms with Crippen molar-refractivity contribution in [1.82, 2.24) is 9.62 Å². The summed E-state index contributed by atoms with van der Waals surface area (Å²) in [6.45, 7) is -0.176. The number of aliphatic hydroxyl groups is 1. The minimum atomic E-state index is -3.39. The highest BCUT2D eigenvalue weighted by Gasteiger charge is 2.56. The molecular formula is C17H24N2O4S. The van der Waals surface area contributed by atoms with E-state index >= 15 is 0 Å². The summed E-state index contributed by atoms with van der Waals surface area (Å²) in [7, 11) is -3.39. The lowest BCUT2D eigenvalue weighted by Crippen LogP contribution is -2.46. The number of sulfonamides is 1. The molecule has 1 aromatic carbocycles. The molecule has 2 N–H and O–H groups in total. The Labute approximate surface area is 142 Å². The van der Waals surface area contributed by atoms with Crippen LogP contribution in [0.25, 0.3) is 0 Å². The lowest BCUT2D eigenvalue weighted by atomic mass is 9.70. The summed E-state index contributed by atoms with van der Waals surface area (Å²) in [6.07, 6.45) is 4.34. The largest absolute Gasteiger partial charge is 0.396 e. The number of nitrogens with zero attached hydrogens (tertiary/aromatic N) is 1. The first-order valence-electron chi connectivity index (χ1n) is 8.25. The summed E-state index contributed by atoms with van der Waals surface area (Å²) in [5.74, 6) is -0.198. The number of carbonyl (C=O) groups is 1. The number of rotatable bonds is 6. The van der Waals surface area contributed by atoms with Crippen LogP contribution in [0.15, 0.2) is 30.3 Å². The van der Waals surface area contributed by atoms with Crippen molar-refractivity contribution in [1.29, 1.82) is 0 Å². The maximum absolute atomic E-state index is 12.5. The molecule has 0 unspecified atom stereocenters. The molecule has 24 heavy (non-hydrogen) atoms. The standard InChI is InChI=1S/C17H24N2O4S/c1-24(22,23)18-11-16(21)19-14-7-8-15(19)17(10-14,12-20)9-13-5-3-2-4-6-13/h2-6,14-15,18,20H,7-12H2,1H3/t14-,15+,17-/m1/s1. The van der Waals surface area contributed by atoms with Gasteiger partial charge in [-0.1, -0.05) is 30.3 Å². The molecule has 1 amide bonds. The zero-order valence-electron chi connectivity index (χ0n) is 13.8. The molecule has 0 aromatic heterocycles. The first-order valence-corrected chi connectivity index (χ1v) is 10.1. The average Bonchev–Trinajstić information content (AvgIpc) is 3.09. The zero-order chi connectivity index (χ0) is 17.4. The molecule has 2 aliphatic heterocycles. The Morgan fingerprint density at radius 3 is 2.67 bits per heavy atom. The van der Waals surface area contributed by atoms with Crippen LogP contribution in [-0.2, 0) is 21.2 Å². The number of carbonyl (C=O) groups excluding carboxylic acids is 1. The fourth-order valence-electron chi connectivity index (χ4n) is 4.37. The van der Waals surface area contributed by atoms with Crippen molar-refractivity contribution >= 4 is 15.9 Å². The first-order chi connectivity index (χ1) is 11.3. The fraction of sp³-hybridized carbons (Fsp3) is 0.588. The average molecular weight is 352 g/mol. The molecule has 1 aromatic rings. The van der Waals surface area contributed by atoms with Crippen LogP contribution in [0.1, 0.15) is 24.8 Å². The third-order valence-electron chi connectivity index (χ3n) is 5.34. The summed E-state index contributed by atoms with van der Waals surface area (Å²) < 4.78 is 24.7. The quantitative estimate of drug-likeness (QED) is 0.781. The number of amides is 1. The Balaban J connectivity index is 1.77. The van der Waals surface area contributed by atoms with Gasteiger partial charge in [-0.05, 0) is 31.2 Å². The molecule has 0 spiro atoms. The van der Waals surface area contributed by atoms with Crippen LogP contribution >= 0.6 is 0 Å². The molecule has 2 bridgehead atoms. The van der Waals surface area contributed by atoms with Crippen LogP contribution in [0.3, 0.4) is 0 Å². The number of hydrogen-bond acceptors (Lipinski definition) is 4. The van der Waals surface area contributed by atoms with E-state index in [9.17, 15) is 18.3 Å². The SMILES string of the molecule is CS(=O)(=O)NCC(=O)N1[C@@H]2CC[C@H]1[C@](CO)(Cc1ccccc1)C2. The summed E-state index contributed by atoms with van der Waals surface area (Å²) in [6, 6.07) is 10.1. The van der Waals surface area contributed by atoms with Crippen molar-refractivity contribution in [2.45, 2.75) is 37.8 Å². The van der Waals surface area contributed by atoms with Crippen molar-refractivity contribution in [2.24, 2.45) is 5.41 Å². The minimum Gasteiger partial charge on any atom is -0.396 e. The molecule has 0 radical (unpaired) electrons. The van der Waals surface area contributed by atoms with Crippen molar-refractivity contribution in [2.75, 3.05) is 19.4 Å². The van der Waals surface area contributed by atoms with Crippen molar-refractivity contribution in [3.63, 3.8) is 0 Å². The Morgan fingerprint density at radius 1 is 1.33 bits per heavy atom. The van der Waals surface area contributed by atoms with E-state index in [0.717, 1.165) is 37.5 Å². The molecule has 2 fully saturated rings. The lowest BCUT2D eigenvalue weighted by molar-refractivity contribution is -0.132. The van der Waals surface area contributed by atoms with Gasteiger partial charge in [0.15, 0.2) is 0 Å². The van der Waals surface area contributed by atoms with E-state index in [0.29, 0.717) is 0 Å². The first kappa shape index (κ1) is 17.4. The predicted octanol–water partition coefficient (Wildman–Crippen LogP) is 0.520. The molecule has 2 heterocycles. The van der Waals surface area contributed by atoms with Crippen LogP contribution in [0.5, 0.6) is 0 Å². The number of hydrogen-bond donors (Lipinski definition) is 2. The third kappa shape index (κ3) is 3.34. The number of benzene rings is 1. The molecule has 3 atom stereocenters. The van der Waals surface area contributed by atoms with Gasteiger partial charge in [-0.25, -0.2) is 13.1 Å². The van der Waals surface area contributed by atoms with Gasteiger partial charge in [0.1, 0.15) is 0 Å². The molecule has 2 saturated heterocycles. The van der Waals surface area contributed by atoms with Gasteiger partial charge in [-0.15, -0.1) is 0 Å².